The number of hydrogen-bond acceptors (Lipinski definition) is 3. The molecule has 2 rings (SSSR count). The van der Waals surface area contributed by atoms with E-state index in [-0.39, 0.29) is 11.8 Å². The van der Waals surface area contributed by atoms with Crippen LogP contribution in [0.5, 0.6) is 0 Å². The van der Waals surface area contributed by atoms with E-state index in [0.717, 1.165) is 11.4 Å². The minimum Gasteiger partial charge on any atom is -0.287 e. The lowest BCUT2D eigenvalue weighted by Crippen LogP contribution is -2.15. The van der Waals surface area contributed by atoms with Crippen molar-refractivity contribution in [2.24, 2.45) is 0 Å². The number of carbonyl (C=O) groups excluding carboxylic acids is 1. The summed E-state index contributed by atoms with van der Waals surface area (Å²) in [7, 11) is 0. The lowest BCUT2D eigenvalue weighted by molar-refractivity contribution is 0.102. The highest BCUT2D eigenvalue weighted by Gasteiger charge is 2.22. The molecule has 0 spiro atoms. The second kappa shape index (κ2) is 5.25. The first-order valence-corrected chi connectivity index (χ1v) is 6.93. The third kappa shape index (κ3) is 2.61. The van der Waals surface area contributed by atoms with Crippen LogP contribution < -0.4 is 0 Å². The molecule has 0 saturated carbocycles. The number of aromatic nitrogens is 3. The number of ketones is 1. The van der Waals surface area contributed by atoms with E-state index in [4.69, 9.17) is 0 Å². The highest BCUT2D eigenvalue weighted by atomic mass is 79.9. The second-order valence-electron chi connectivity index (χ2n) is 4.79. The van der Waals surface area contributed by atoms with Gasteiger partial charge in [0.1, 0.15) is 5.69 Å². The average molecular weight is 322 g/mol. The van der Waals surface area contributed by atoms with E-state index in [1.165, 1.54) is 0 Å². The van der Waals surface area contributed by atoms with Crippen LogP contribution in [0, 0.1) is 13.8 Å². The first-order chi connectivity index (χ1) is 8.91. The summed E-state index contributed by atoms with van der Waals surface area (Å²) < 4.78 is 2.44. The molecule has 0 atom stereocenters. The van der Waals surface area contributed by atoms with E-state index in [9.17, 15) is 4.79 Å². The van der Waals surface area contributed by atoms with Gasteiger partial charge in [0.15, 0.2) is 0 Å². The number of rotatable bonds is 3. The molecule has 0 fully saturated rings. The van der Waals surface area contributed by atoms with Gasteiger partial charge in [-0.15, -0.1) is 0 Å². The maximum atomic E-state index is 12.7. The quantitative estimate of drug-likeness (QED) is 0.813. The van der Waals surface area contributed by atoms with Crippen molar-refractivity contribution >= 4 is 21.7 Å². The highest BCUT2D eigenvalue weighted by Crippen LogP contribution is 2.23. The summed E-state index contributed by atoms with van der Waals surface area (Å²) in [5.41, 5.74) is 2.84. The minimum absolute atomic E-state index is 0.0527. The molecule has 0 aromatic carbocycles. The van der Waals surface area contributed by atoms with Gasteiger partial charge in [0.2, 0.25) is 5.78 Å². The van der Waals surface area contributed by atoms with Crippen LogP contribution in [0.25, 0.3) is 0 Å². The lowest BCUT2D eigenvalue weighted by Gasteiger charge is -2.11. The summed E-state index contributed by atoms with van der Waals surface area (Å²) >= 11 is 3.40. The Bertz CT molecular complexity index is 632. The van der Waals surface area contributed by atoms with Crippen molar-refractivity contribution in [2.75, 3.05) is 0 Å². The van der Waals surface area contributed by atoms with Crippen molar-refractivity contribution in [1.29, 1.82) is 0 Å². The predicted octanol–water partition coefficient (Wildman–Crippen LogP) is 3.47. The SMILES string of the molecule is Cc1ccc(C(=O)c2c(Br)cnn2C(C)C)c(C)n1. The fourth-order valence-corrected chi connectivity index (χ4v) is 2.45. The van der Waals surface area contributed by atoms with Crippen molar-refractivity contribution < 1.29 is 4.79 Å². The standard InChI is InChI=1S/C14H16BrN3O/c1-8(2)18-13(12(15)7-16-18)14(19)11-6-5-9(3)17-10(11)4/h5-8H,1-4H3. The number of hydrogen-bond donors (Lipinski definition) is 0. The van der Waals surface area contributed by atoms with Gasteiger partial charge in [0, 0.05) is 23.0 Å². The zero-order chi connectivity index (χ0) is 14.2. The van der Waals surface area contributed by atoms with Crippen LogP contribution in [-0.4, -0.2) is 20.5 Å². The molecule has 0 N–H and O–H groups in total. The van der Waals surface area contributed by atoms with Crippen molar-refractivity contribution in [1.82, 2.24) is 14.8 Å². The molecule has 2 heterocycles. The summed E-state index contributed by atoms with van der Waals surface area (Å²) in [6.07, 6.45) is 1.66. The maximum absolute atomic E-state index is 12.7. The molecule has 0 radical (unpaired) electrons. The largest absolute Gasteiger partial charge is 0.287 e. The Hall–Kier alpha value is -1.49. The topological polar surface area (TPSA) is 47.8 Å². The van der Waals surface area contributed by atoms with Crippen molar-refractivity contribution in [2.45, 2.75) is 33.7 Å². The van der Waals surface area contributed by atoms with Crippen LogP contribution in [0.3, 0.4) is 0 Å². The molecule has 0 unspecified atom stereocenters. The number of nitrogens with zero attached hydrogens (tertiary/aromatic N) is 3. The van der Waals surface area contributed by atoms with Gasteiger partial charge in [-0.1, -0.05) is 0 Å². The summed E-state index contributed by atoms with van der Waals surface area (Å²) in [4.78, 5) is 17.0. The molecule has 0 aliphatic rings. The van der Waals surface area contributed by atoms with E-state index in [1.807, 2.05) is 39.8 Å². The van der Waals surface area contributed by atoms with Gasteiger partial charge in [0.25, 0.3) is 0 Å². The highest BCUT2D eigenvalue weighted by molar-refractivity contribution is 9.10. The molecule has 0 aliphatic carbocycles. The second-order valence-corrected chi connectivity index (χ2v) is 5.65. The summed E-state index contributed by atoms with van der Waals surface area (Å²) in [6.45, 7) is 7.76. The molecule has 4 nitrogen and oxygen atoms in total. The maximum Gasteiger partial charge on any atom is 0.214 e. The Labute approximate surface area is 121 Å². The third-order valence-electron chi connectivity index (χ3n) is 2.92. The van der Waals surface area contributed by atoms with Gasteiger partial charge >= 0.3 is 0 Å². The van der Waals surface area contributed by atoms with Gasteiger partial charge in [-0.3, -0.25) is 14.5 Å². The van der Waals surface area contributed by atoms with Gasteiger partial charge < -0.3 is 0 Å². The Morgan fingerprint density at radius 2 is 2.00 bits per heavy atom. The summed E-state index contributed by atoms with van der Waals surface area (Å²) in [5, 5.41) is 4.24. The average Bonchev–Trinajstić information content (AvgIpc) is 2.70. The minimum atomic E-state index is -0.0527. The van der Waals surface area contributed by atoms with Gasteiger partial charge in [0.05, 0.1) is 10.7 Å². The molecule has 5 heteroatoms. The molecular formula is C14H16BrN3O. The van der Waals surface area contributed by atoms with Crippen LogP contribution in [0.4, 0.5) is 0 Å². The first kappa shape index (κ1) is 13.9. The van der Waals surface area contributed by atoms with Crippen LogP contribution in [0.15, 0.2) is 22.8 Å². The Morgan fingerprint density at radius 3 is 2.58 bits per heavy atom. The van der Waals surface area contributed by atoms with Crippen LogP contribution >= 0.6 is 15.9 Å². The smallest absolute Gasteiger partial charge is 0.214 e. The van der Waals surface area contributed by atoms with E-state index in [1.54, 1.807) is 10.9 Å². The molecular weight excluding hydrogens is 306 g/mol. The van der Waals surface area contributed by atoms with Gasteiger partial charge in [-0.05, 0) is 55.8 Å². The number of carbonyl (C=O) groups is 1. The molecule has 2 aromatic heterocycles. The van der Waals surface area contributed by atoms with E-state index in [2.05, 4.69) is 26.0 Å². The fourth-order valence-electron chi connectivity index (χ4n) is 2.00. The zero-order valence-electron chi connectivity index (χ0n) is 11.4. The van der Waals surface area contributed by atoms with Gasteiger partial charge in [-0.2, -0.15) is 5.10 Å². The van der Waals surface area contributed by atoms with Crippen molar-refractivity contribution in [3.8, 4) is 0 Å². The first-order valence-electron chi connectivity index (χ1n) is 6.13. The van der Waals surface area contributed by atoms with Crippen LogP contribution in [0.2, 0.25) is 0 Å². The lowest BCUT2D eigenvalue weighted by atomic mass is 10.1. The van der Waals surface area contributed by atoms with Gasteiger partial charge in [-0.25, -0.2) is 0 Å². The molecule has 0 aliphatic heterocycles. The van der Waals surface area contributed by atoms with Crippen molar-refractivity contribution in [3.05, 3.63) is 45.4 Å². The fraction of sp³-hybridized carbons (Fsp3) is 0.357. The number of pyridine rings is 1. The van der Waals surface area contributed by atoms with E-state index in [0.29, 0.717) is 15.7 Å². The van der Waals surface area contributed by atoms with Crippen LogP contribution in [-0.2, 0) is 0 Å². The number of aryl methyl sites for hydroxylation is 2. The predicted molar refractivity (Wildman–Crippen MR) is 77.5 cm³/mol. The van der Waals surface area contributed by atoms with E-state index >= 15 is 0 Å². The Kier molecular flexibility index (Phi) is 3.85. The summed E-state index contributed by atoms with van der Waals surface area (Å²) in [6, 6.07) is 3.80. The molecule has 2 aromatic rings. The zero-order valence-corrected chi connectivity index (χ0v) is 13.0. The van der Waals surface area contributed by atoms with Crippen molar-refractivity contribution in [3.63, 3.8) is 0 Å². The normalized spacial score (nSPS) is 11.1. The van der Waals surface area contributed by atoms with Crippen LogP contribution in [0.1, 0.15) is 47.3 Å². The molecule has 0 saturated heterocycles. The third-order valence-corrected chi connectivity index (χ3v) is 3.51. The number of halogens is 1. The molecule has 100 valence electrons. The molecule has 0 bridgehead atoms. The Balaban J connectivity index is 2.53. The molecule has 19 heavy (non-hydrogen) atoms. The summed E-state index contributed by atoms with van der Waals surface area (Å²) in [5.74, 6) is -0.0527. The van der Waals surface area contributed by atoms with E-state index < -0.39 is 0 Å². The monoisotopic (exact) mass is 321 g/mol. The Morgan fingerprint density at radius 1 is 1.32 bits per heavy atom. The molecule has 0 amide bonds.